The quantitative estimate of drug-likeness (QED) is 0.160. The van der Waals surface area contributed by atoms with Crippen LogP contribution in [0.5, 0.6) is 0 Å². The van der Waals surface area contributed by atoms with Crippen LogP contribution in [-0.2, 0) is 21.7 Å². The van der Waals surface area contributed by atoms with Gasteiger partial charge in [-0.05, 0) is 165 Å². The summed E-state index contributed by atoms with van der Waals surface area (Å²) < 4.78 is 7.07. The van der Waals surface area contributed by atoms with Crippen LogP contribution in [-0.4, -0.2) is 28.7 Å². The molecule has 10 aromatic carbocycles. The first kappa shape index (κ1) is 55.5. The Bertz CT molecular complexity index is 4730. The van der Waals surface area contributed by atoms with E-state index < -0.39 is 0 Å². The van der Waals surface area contributed by atoms with Crippen molar-refractivity contribution in [3.63, 3.8) is 0 Å². The molecule has 6 nitrogen and oxygen atoms in total. The highest BCUT2D eigenvalue weighted by Crippen LogP contribution is 2.44. The van der Waals surface area contributed by atoms with E-state index in [-0.39, 0.29) is 21.7 Å². The molecule has 0 fully saturated rings. The molecule has 0 N–H and O–H groups in total. The number of aromatic nitrogens is 6. The lowest BCUT2D eigenvalue weighted by molar-refractivity contribution is 0.568. The lowest BCUT2D eigenvalue weighted by Gasteiger charge is -2.26. The number of nitrogens with zero attached hydrogens (tertiary/aromatic N) is 6. The SMILES string of the molecule is Cc1ccc2c(c1)c1ccccc1n2-c1ccccc1-c1nc(-c2ccccc2-n2c3ccccc3c3cc(C)ccc32)nc(-n2c3ccc(-c4cc(C(C)(C)C)cc(C(C)(C)C)c4)cc3c3cc(-c4cc(C(C)(C)C)cc(C(C)(C)C)c4)ccc32)n1. The highest BCUT2D eigenvalue weighted by Gasteiger charge is 2.27. The first-order valence-electron chi connectivity index (χ1n) is 30.8. The normalized spacial score (nSPS) is 12.7. The second-order valence-electron chi connectivity index (χ2n) is 28.5. The second kappa shape index (κ2) is 20.1. The molecule has 0 bridgehead atoms. The van der Waals surface area contributed by atoms with E-state index >= 15 is 0 Å². The number of benzene rings is 10. The largest absolute Gasteiger partial charge is 0.309 e. The molecule has 14 rings (SSSR count). The van der Waals surface area contributed by atoms with Crippen LogP contribution in [0.15, 0.2) is 206 Å². The second-order valence-corrected chi connectivity index (χ2v) is 28.5. The van der Waals surface area contributed by atoms with Crippen molar-refractivity contribution < 1.29 is 0 Å². The third kappa shape index (κ3) is 9.61. The number of fused-ring (bicyclic) bond motifs is 9. The summed E-state index contributed by atoms with van der Waals surface area (Å²) in [6.45, 7) is 32.2. The molecule has 430 valence electrons. The van der Waals surface area contributed by atoms with Crippen LogP contribution in [0, 0.1) is 13.8 Å². The van der Waals surface area contributed by atoms with Crippen LogP contribution in [0.4, 0.5) is 0 Å². The molecule has 0 aliphatic heterocycles. The van der Waals surface area contributed by atoms with Crippen molar-refractivity contribution in [1.29, 1.82) is 0 Å². The topological polar surface area (TPSA) is 53.5 Å². The standard InChI is InChI=1S/C81H76N6/c1-49-31-35-71-63(39-49)59-23-15-19-27-67(59)85(71)69-29-21-17-25-61(69)75-82-76(62-26-18-22-30-70(62)86-68-28-20-16-24-60(68)64-40-50(2)32-36-72(64)86)84-77(83-75)87-73-37-33-51(53-41-55(78(3,4)5)47-56(42-53)79(6,7)8)45-65(73)66-46-52(34-38-74(66)87)54-43-57(80(9,10)11)48-58(44-54)81(12,13)14/h15-48H,1-14H3. The summed E-state index contributed by atoms with van der Waals surface area (Å²) in [5.41, 5.74) is 22.5. The lowest BCUT2D eigenvalue weighted by Crippen LogP contribution is -2.16. The average molecular weight is 1130 g/mol. The Hall–Kier alpha value is -9.39. The smallest absolute Gasteiger partial charge is 0.238 e. The minimum absolute atomic E-state index is 0.0505. The third-order valence-electron chi connectivity index (χ3n) is 18.0. The zero-order valence-corrected chi connectivity index (χ0v) is 52.8. The molecular formula is C81H76N6. The molecule has 0 aliphatic carbocycles. The van der Waals surface area contributed by atoms with Crippen LogP contribution < -0.4 is 0 Å². The van der Waals surface area contributed by atoms with Gasteiger partial charge < -0.3 is 9.13 Å². The van der Waals surface area contributed by atoms with E-state index in [2.05, 4.69) is 317 Å². The Morgan fingerprint density at radius 1 is 0.264 bits per heavy atom. The molecule has 0 radical (unpaired) electrons. The number of rotatable bonds is 7. The van der Waals surface area contributed by atoms with E-state index in [0.717, 1.165) is 77.5 Å². The van der Waals surface area contributed by atoms with Crippen molar-refractivity contribution >= 4 is 65.4 Å². The van der Waals surface area contributed by atoms with E-state index in [1.807, 2.05) is 0 Å². The van der Waals surface area contributed by atoms with Gasteiger partial charge in [-0.2, -0.15) is 9.97 Å². The highest BCUT2D eigenvalue weighted by atomic mass is 15.2. The monoisotopic (exact) mass is 1130 g/mol. The first-order valence-corrected chi connectivity index (χ1v) is 30.8. The molecule has 4 aromatic heterocycles. The van der Waals surface area contributed by atoms with E-state index in [1.54, 1.807) is 0 Å². The van der Waals surface area contributed by atoms with Gasteiger partial charge in [-0.1, -0.05) is 216 Å². The summed E-state index contributed by atoms with van der Waals surface area (Å²) in [5, 5.41) is 7.05. The number of para-hydroxylation sites is 4. The fraction of sp³-hybridized carbons (Fsp3) is 0.222. The summed E-state index contributed by atoms with van der Waals surface area (Å²) in [7, 11) is 0. The molecule has 4 heterocycles. The van der Waals surface area contributed by atoms with Crippen LogP contribution in [0.2, 0.25) is 0 Å². The predicted molar refractivity (Wildman–Crippen MR) is 369 cm³/mol. The van der Waals surface area contributed by atoms with Gasteiger partial charge in [-0.3, -0.25) is 4.57 Å². The predicted octanol–water partition coefficient (Wildman–Crippen LogP) is 21.6. The van der Waals surface area contributed by atoms with Gasteiger partial charge in [-0.25, -0.2) is 4.98 Å². The highest BCUT2D eigenvalue weighted by molar-refractivity contribution is 6.13. The van der Waals surface area contributed by atoms with Gasteiger partial charge in [0.15, 0.2) is 11.6 Å². The van der Waals surface area contributed by atoms with Crippen molar-refractivity contribution in [2.75, 3.05) is 0 Å². The zero-order valence-electron chi connectivity index (χ0n) is 52.8. The van der Waals surface area contributed by atoms with Crippen LogP contribution in [0.1, 0.15) is 116 Å². The minimum atomic E-state index is -0.0505. The maximum Gasteiger partial charge on any atom is 0.238 e. The Morgan fingerprint density at radius 2 is 0.586 bits per heavy atom. The third-order valence-corrected chi connectivity index (χ3v) is 18.0. The Balaban J connectivity index is 1.08. The van der Waals surface area contributed by atoms with E-state index in [4.69, 9.17) is 15.0 Å². The maximum absolute atomic E-state index is 5.75. The van der Waals surface area contributed by atoms with Crippen molar-refractivity contribution in [2.45, 2.75) is 119 Å². The fourth-order valence-corrected chi connectivity index (χ4v) is 13.0. The van der Waals surface area contributed by atoms with Crippen LogP contribution in [0.3, 0.4) is 0 Å². The van der Waals surface area contributed by atoms with Gasteiger partial charge in [0.25, 0.3) is 0 Å². The van der Waals surface area contributed by atoms with Gasteiger partial charge in [-0.15, -0.1) is 0 Å². The molecule has 0 amide bonds. The molecule has 6 heteroatoms. The molecule has 0 aliphatic rings. The Kier molecular flexibility index (Phi) is 12.8. The van der Waals surface area contributed by atoms with E-state index in [0.29, 0.717) is 17.6 Å². The van der Waals surface area contributed by atoms with Crippen LogP contribution >= 0.6 is 0 Å². The van der Waals surface area contributed by atoms with Crippen molar-refractivity contribution in [3.8, 4) is 62.4 Å². The molecule has 0 atom stereocenters. The summed E-state index contributed by atoms with van der Waals surface area (Å²) in [5.74, 6) is 1.68. The molecule has 87 heavy (non-hydrogen) atoms. The molecular weight excluding hydrogens is 1060 g/mol. The fourth-order valence-electron chi connectivity index (χ4n) is 13.0. The zero-order chi connectivity index (χ0) is 60.6. The molecule has 14 aromatic rings. The van der Waals surface area contributed by atoms with Crippen molar-refractivity contribution in [3.05, 3.63) is 240 Å². The summed E-state index contributed by atoms with van der Waals surface area (Å²) in [6.07, 6.45) is 0. The average Bonchev–Trinajstić information content (AvgIpc) is 2.16. The summed E-state index contributed by atoms with van der Waals surface area (Å²) in [4.78, 5) is 17.2. The first-order chi connectivity index (χ1) is 41.5. The Morgan fingerprint density at radius 3 is 0.977 bits per heavy atom. The number of hydrogen-bond donors (Lipinski definition) is 0. The van der Waals surface area contributed by atoms with Gasteiger partial charge >= 0.3 is 0 Å². The van der Waals surface area contributed by atoms with Gasteiger partial charge in [0, 0.05) is 43.4 Å². The Labute approximate surface area is 511 Å². The maximum atomic E-state index is 5.75. The van der Waals surface area contributed by atoms with Gasteiger partial charge in [0.05, 0.1) is 44.5 Å². The van der Waals surface area contributed by atoms with Gasteiger partial charge in [0.2, 0.25) is 5.95 Å². The number of aryl methyl sites for hydroxylation is 2. The summed E-state index contributed by atoms with van der Waals surface area (Å²) >= 11 is 0. The van der Waals surface area contributed by atoms with E-state index in [9.17, 15) is 0 Å². The molecule has 0 saturated heterocycles. The summed E-state index contributed by atoms with van der Waals surface area (Å²) in [6, 6.07) is 76.7. The van der Waals surface area contributed by atoms with E-state index in [1.165, 1.54) is 66.1 Å². The molecule has 0 saturated carbocycles. The molecule has 0 spiro atoms. The van der Waals surface area contributed by atoms with Crippen LogP contribution in [0.25, 0.3) is 128 Å². The lowest BCUT2D eigenvalue weighted by atomic mass is 9.78. The van der Waals surface area contributed by atoms with Gasteiger partial charge in [0.1, 0.15) is 0 Å². The van der Waals surface area contributed by atoms with Crippen molar-refractivity contribution in [1.82, 2.24) is 28.7 Å². The van der Waals surface area contributed by atoms with Crippen molar-refractivity contribution in [2.24, 2.45) is 0 Å². The molecule has 0 unspecified atom stereocenters. The number of hydrogen-bond acceptors (Lipinski definition) is 3. The minimum Gasteiger partial charge on any atom is -0.309 e.